The molecule has 0 aromatic heterocycles. The lowest BCUT2D eigenvalue weighted by molar-refractivity contribution is -0.137. The minimum absolute atomic E-state index is 0.0353. The van der Waals surface area contributed by atoms with Gasteiger partial charge in [0, 0.05) is 13.0 Å². The van der Waals surface area contributed by atoms with Gasteiger partial charge < -0.3 is 5.32 Å². The maximum atomic E-state index is 13.0. The third kappa shape index (κ3) is 5.52. The van der Waals surface area contributed by atoms with Crippen LogP contribution in [0.1, 0.15) is 17.5 Å². The number of carbonyl (C=O) groups excluding carboxylic acids is 2. The van der Waals surface area contributed by atoms with Crippen LogP contribution in [0, 0.1) is 6.92 Å². The summed E-state index contributed by atoms with van der Waals surface area (Å²) in [6.07, 6.45) is -3.28. The molecule has 32 heavy (non-hydrogen) atoms. The fourth-order valence-electron chi connectivity index (χ4n) is 2.98. The molecule has 1 aliphatic heterocycles. The molecule has 0 saturated carbocycles. The molecule has 1 atom stereocenters. The zero-order valence-corrected chi connectivity index (χ0v) is 18.5. The van der Waals surface area contributed by atoms with E-state index in [0.717, 1.165) is 35.5 Å². The number of nitrogens with zero attached hydrogens (tertiary/aromatic N) is 2. The van der Waals surface area contributed by atoms with Gasteiger partial charge >= 0.3 is 6.18 Å². The minimum Gasteiger partial charge on any atom is -0.325 e. The van der Waals surface area contributed by atoms with Gasteiger partial charge in [-0.3, -0.25) is 14.5 Å². The number of aliphatic imine (C=N–C) groups is 1. The molecule has 1 N–H and O–H groups in total. The molecule has 1 saturated heterocycles. The highest BCUT2D eigenvalue weighted by atomic mass is 35.5. The lowest BCUT2D eigenvalue weighted by Gasteiger charge is -2.14. The standard InChI is InChI=1S/C22H19ClF3N3O2S/c1-3-10-29-20(31)18(32-21(29)28-16-7-5-4-6-13(16)2)12-19(30)27-17-11-14(22(24,25)26)8-9-15(17)23/h3-9,11,18H,1,10,12H2,2H3,(H,27,30)/t18-/m0/s1. The maximum Gasteiger partial charge on any atom is 0.416 e. The fraction of sp³-hybridized carbons (Fsp3) is 0.227. The summed E-state index contributed by atoms with van der Waals surface area (Å²) in [5.74, 6) is -0.958. The van der Waals surface area contributed by atoms with Crippen LogP contribution in [0.2, 0.25) is 5.02 Å². The number of rotatable bonds is 6. The van der Waals surface area contributed by atoms with Crippen molar-refractivity contribution >= 4 is 51.7 Å². The van der Waals surface area contributed by atoms with E-state index in [9.17, 15) is 22.8 Å². The highest BCUT2D eigenvalue weighted by Crippen LogP contribution is 2.35. The molecule has 0 radical (unpaired) electrons. The number of amides is 2. The van der Waals surface area contributed by atoms with Crippen molar-refractivity contribution in [2.45, 2.75) is 24.8 Å². The Kier molecular flexibility index (Phi) is 7.30. The summed E-state index contributed by atoms with van der Waals surface area (Å²) < 4.78 is 38.9. The SMILES string of the molecule is C=CCN1C(=O)[C@H](CC(=O)Nc2cc(C(F)(F)F)ccc2Cl)SC1=Nc1ccccc1C. The van der Waals surface area contributed by atoms with Gasteiger partial charge in [0.2, 0.25) is 11.8 Å². The lowest BCUT2D eigenvalue weighted by Crippen LogP contribution is -2.33. The summed E-state index contributed by atoms with van der Waals surface area (Å²) in [6.45, 7) is 5.76. The van der Waals surface area contributed by atoms with Crippen molar-refractivity contribution in [1.82, 2.24) is 4.90 Å². The van der Waals surface area contributed by atoms with Crippen molar-refractivity contribution in [1.29, 1.82) is 0 Å². The van der Waals surface area contributed by atoms with Crippen LogP contribution in [0.3, 0.4) is 0 Å². The Hall–Kier alpha value is -2.78. The predicted molar refractivity (Wildman–Crippen MR) is 121 cm³/mol. The Bertz CT molecular complexity index is 1090. The van der Waals surface area contributed by atoms with Crippen LogP contribution in [0.4, 0.5) is 24.5 Å². The first-order valence-corrected chi connectivity index (χ1v) is 10.8. The van der Waals surface area contributed by atoms with Crippen LogP contribution in [-0.4, -0.2) is 33.7 Å². The van der Waals surface area contributed by atoms with Gasteiger partial charge in [-0.25, -0.2) is 4.99 Å². The number of carbonyl (C=O) groups is 2. The summed E-state index contributed by atoms with van der Waals surface area (Å²) in [7, 11) is 0. The molecule has 1 fully saturated rings. The molecular weight excluding hydrogens is 463 g/mol. The van der Waals surface area contributed by atoms with Crippen LogP contribution >= 0.6 is 23.4 Å². The molecule has 168 valence electrons. The average molecular weight is 482 g/mol. The Morgan fingerprint density at radius 1 is 1.31 bits per heavy atom. The molecule has 5 nitrogen and oxygen atoms in total. The van der Waals surface area contributed by atoms with E-state index in [0.29, 0.717) is 10.9 Å². The molecule has 2 aromatic rings. The van der Waals surface area contributed by atoms with Crippen LogP contribution in [0.25, 0.3) is 0 Å². The van der Waals surface area contributed by atoms with Crippen molar-refractivity contribution in [3.8, 4) is 0 Å². The highest BCUT2D eigenvalue weighted by molar-refractivity contribution is 8.15. The van der Waals surface area contributed by atoms with E-state index in [2.05, 4.69) is 16.9 Å². The van der Waals surface area contributed by atoms with Crippen molar-refractivity contribution < 1.29 is 22.8 Å². The zero-order chi connectivity index (χ0) is 23.5. The molecule has 2 aromatic carbocycles. The number of alkyl halides is 3. The number of anilines is 1. The maximum absolute atomic E-state index is 13.0. The van der Waals surface area contributed by atoms with Crippen molar-refractivity contribution in [2.75, 3.05) is 11.9 Å². The fourth-order valence-corrected chi connectivity index (χ4v) is 4.31. The van der Waals surface area contributed by atoms with Gasteiger partial charge in [-0.15, -0.1) is 6.58 Å². The molecule has 1 heterocycles. The Balaban J connectivity index is 1.77. The molecule has 2 amide bonds. The van der Waals surface area contributed by atoms with E-state index in [1.54, 1.807) is 6.08 Å². The molecule has 0 spiro atoms. The molecule has 0 bridgehead atoms. The molecule has 1 aliphatic rings. The second-order valence-electron chi connectivity index (χ2n) is 6.97. The van der Waals surface area contributed by atoms with E-state index in [1.165, 1.54) is 4.90 Å². The van der Waals surface area contributed by atoms with Crippen LogP contribution in [0.15, 0.2) is 60.1 Å². The first-order chi connectivity index (χ1) is 15.1. The third-order valence-corrected chi connectivity index (χ3v) is 6.11. The monoisotopic (exact) mass is 481 g/mol. The second-order valence-corrected chi connectivity index (χ2v) is 8.55. The van der Waals surface area contributed by atoms with Crippen molar-refractivity contribution in [2.24, 2.45) is 4.99 Å². The van der Waals surface area contributed by atoms with Crippen LogP contribution in [-0.2, 0) is 15.8 Å². The number of hydrogen-bond donors (Lipinski definition) is 1. The summed E-state index contributed by atoms with van der Waals surface area (Å²) in [4.78, 5) is 31.4. The number of hydrogen-bond acceptors (Lipinski definition) is 4. The highest BCUT2D eigenvalue weighted by Gasteiger charge is 2.39. The van der Waals surface area contributed by atoms with E-state index in [1.807, 2.05) is 31.2 Å². The predicted octanol–water partition coefficient (Wildman–Crippen LogP) is 5.81. The van der Waals surface area contributed by atoms with Crippen molar-refractivity contribution in [3.05, 3.63) is 71.3 Å². The van der Waals surface area contributed by atoms with Gasteiger partial charge in [-0.2, -0.15) is 13.2 Å². The smallest absolute Gasteiger partial charge is 0.325 e. The Morgan fingerprint density at radius 3 is 2.69 bits per heavy atom. The first-order valence-electron chi connectivity index (χ1n) is 9.50. The summed E-state index contributed by atoms with van der Waals surface area (Å²) in [5, 5.41) is 1.99. The molecule has 0 aliphatic carbocycles. The quantitative estimate of drug-likeness (QED) is 0.529. The number of thioether (sulfide) groups is 1. The third-order valence-electron chi connectivity index (χ3n) is 4.60. The second kappa shape index (κ2) is 9.79. The molecular formula is C22H19ClF3N3O2S. The van der Waals surface area contributed by atoms with Gasteiger partial charge in [0.25, 0.3) is 0 Å². The summed E-state index contributed by atoms with van der Waals surface area (Å²) in [6, 6.07) is 10.1. The average Bonchev–Trinajstić information content (AvgIpc) is 2.99. The van der Waals surface area contributed by atoms with Gasteiger partial charge in [0.15, 0.2) is 5.17 Å². The van der Waals surface area contributed by atoms with E-state index >= 15 is 0 Å². The number of amidine groups is 1. The lowest BCUT2D eigenvalue weighted by atomic mass is 10.2. The Morgan fingerprint density at radius 2 is 2.03 bits per heavy atom. The zero-order valence-electron chi connectivity index (χ0n) is 16.9. The number of aryl methyl sites for hydroxylation is 1. The number of nitrogens with one attached hydrogen (secondary N) is 1. The summed E-state index contributed by atoms with van der Waals surface area (Å²) >= 11 is 7.06. The number of halogens is 4. The molecule has 10 heteroatoms. The summed E-state index contributed by atoms with van der Waals surface area (Å²) in [5.41, 5.74) is 0.511. The van der Waals surface area contributed by atoms with Crippen LogP contribution in [0.5, 0.6) is 0 Å². The first kappa shape index (κ1) is 23.9. The molecule has 0 unspecified atom stereocenters. The Labute approximate surface area is 192 Å². The van der Waals surface area contributed by atoms with Crippen LogP contribution < -0.4 is 5.32 Å². The molecule has 3 rings (SSSR count). The van der Waals surface area contributed by atoms with Gasteiger partial charge in [-0.05, 0) is 36.8 Å². The largest absolute Gasteiger partial charge is 0.416 e. The minimum atomic E-state index is -4.58. The topological polar surface area (TPSA) is 61.8 Å². The normalized spacial score (nSPS) is 17.7. The van der Waals surface area contributed by atoms with E-state index in [4.69, 9.17) is 11.6 Å². The van der Waals surface area contributed by atoms with E-state index in [-0.39, 0.29) is 29.6 Å². The number of para-hydroxylation sites is 1. The number of benzene rings is 2. The van der Waals surface area contributed by atoms with E-state index < -0.39 is 22.9 Å². The van der Waals surface area contributed by atoms with Gasteiger partial charge in [-0.1, -0.05) is 47.6 Å². The van der Waals surface area contributed by atoms with Gasteiger partial charge in [0.1, 0.15) is 5.25 Å². The van der Waals surface area contributed by atoms with Gasteiger partial charge in [0.05, 0.1) is 22.0 Å². The van der Waals surface area contributed by atoms with Crippen molar-refractivity contribution in [3.63, 3.8) is 0 Å².